The van der Waals surface area contributed by atoms with Crippen molar-refractivity contribution in [2.45, 2.75) is 51.4 Å². The van der Waals surface area contributed by atoms with Gasteiger partial charge in [-0.15, -0.1) is 0 Å². The van der Waals surface area contributed by atoms with Gasteiger partial charge in [0.05, 0.1) is 17.5 Å². The van der Waals surface area contributed by atoms with E-state index in [1.54, 1.807) is 26.0 Å². The molecule has 2 N–H and O–H groups in total. The standard InChI is InChI=1S/C26H26FN5O5/c1-13-20-26(23(33)28-25(35)29-24(26)34)11-16-9-17-19(10-18(16)32(20)21(27)14(2)36-13)37-30-22(17)31(3)12-15-7-5-4-6-8-15/h4-10,13-14,20-21H,11-12H2,1-3H3,(H2,28,29,33,34,35)/t13-,14+,20+,21?/m0/s1. The number of anilines is 2. The summed E-state index contributed by atoms with van der Waals surface area (Å²) in [4.78, 5) is 42.0. The van der Waals surface area contributed by atoms with Gasteiger partial charge in [0.1, 0.15) is 6.10 Å². The number of nitrogens with one attached hydrogen (secondary N) is 2. The third-order valence-corrected chi connectivity index (χ3v) is 7.62. The quantitative estimate of drug-likeness (QED) is 0.411. The number of ether oxygens (including phenoxy) is 1. The number of amides is 4. The number of alkyl halides is 1. The number of barbiturate groups is 1. The summed E-state index contributed by atoms with van der Waals surface area (Å²) in [6.07, 6.45) is -3.19. The molecule has 2 saturated heterocycles. The van der Waals surface area contributed by atoms with Crippen LogP contribution in [0.4, 0.5) is 20.7 Å². The second-order valence-corrected chi connectivity index (χ2v) is 9.98. The molecule has 4 atom stereocenters. The Morgan fingerprint density at radius 2 is 1.81 bits per heavy atom. The molecule has 1 spiro atoms. The van der Waals surface area contributed by atoms with E-state index in [1.165, 1.54) is 4.90 Å². The van der Waals surface area contributed by atoms with E-state index in [2.05, 4.69) is 15.8 Å². The minimum atomic E-state index is -1.77. The summed E-state index contributed by atoms with van der Waals surface area (Å²) in [6.45, 7) is 3.88. The highest BCUT2D eigenvalue weighted by Gasteiger charge is 2.64. The van der Waals surface area contributed by atoms with Gasteiger partial charge in [-0.05, 0) is 37.5 Å². The molecule has 0 bridgehead atoms. The summed E-state index contributed by atoms with van der Waals surface area (Å²) in [5.41, 5.74) is 0.840. The van der Waals surface area contributed by atoms with Crippen molar-refractivity contribution in [3.8, 4) is 0 Å². The van der Waals surface area contributed by atoms with Gasteiger partial charge in [0.15, 0.2) is 23.1 Å². The van der Waals surface area contributed by atoms with Crippen LogP contribution in [0, 0.1) is 5.41 Å². The van der Waals surface area contributed by atoms with Crippen LogP contribution in [0.25, 0.3) is 11.0 Å². The zero-order valence-corrected chi connectivity index (χ0v) is 20.5. The van der Waals surface area contributed by atoms with Crippen molar-refractivity contribution in [1.82, 2.24) is 15.8 Å². The SMILES string of the molecule is C[C@@H]1O[C@H](C)C(F)N2c3cc4onc(N(C)Cc5ccccc5)c4cc3CC3(C(=O)NC(=O)NC3=O)[C@@H]12. The van der Waals surface area contributed by atoms with Crippen LogP contribution in [0.2, 0.25) is 0 Å². The summed E-state index contributed by atoms with van der Waals surface area (Å²) in [6, 6.07) is 11.5. The molecule has 4 heterocycles. The van der Waals surface area contributed by atoms with Crippen LogP contribution in [0.3, 0.4) is 0 Å². The molecule has 3 aliphatic heterocycles. The molecular formula is C26H26FN5O5. The molecule has 4 amide bonds. The van der Waals surface area contributed by atoms with E-state index in [4.69, 9.17) is 9.26 Å². The molecule has 37 heavy (non-hydrogen) atoms. The molecule has 1 unspecified atom stereocenters. The second-order valence-electron chi connectivity index (χ2n) is 9.98. The zero-order chi connectivity index (χ0) is 26.1. The van der Waals surface area contributed by atoms with E-state index in [-0.39, 0.29) is 6.42 Å². The topological polar surface area (TPSA) is 117 Å². The fraction of sp³-hybridized carbons (Fsp3) is 0.385. The van der Waals surface area contributed by atoms with Crippen molar-refractivity contribution in [1.29, 1.82) is 0 Å². The number of halogens is 1. The number of carbonyl (C=O) groups is 3. The smallest absolute Gasteiger partial charge is 0.328 e. The number of fused-ring (bicyclic) bond motifs is 5. The van der Waals surface area contributed by atoms with Gasteiger partial charge < -0.3 is 19.1 Å². The Morgan fingerprint density at radius 1 is 1.11 bits per heavy atom. The molecule has 3 aromatic rings. The second kappa shape index (κ2) is 8.27. The molecule has 6 rings (SSSR count). The van der Waals surface area contributed by atoms with Crippen molar-refractivity contribution in [2.24, 2.45) is 5.41 Å². The first-order chi connectivity index (χ1) is 17.7. The van der Waals surface area contributed by atoms with Crippen LogP contribution in [-0.2, 0) is 27.3 Å². The maximum Gasteiger partial charge on any atom is 0.328 e. The molecule has 192 valence electrons. The van der Waals surface area contributed by atoms with Crippen molar-refractivity contribution in [3.05, 3.63) is 53.6 Å². The molecule has 0 radical (unpaired) electrons. The summed E-state index contributed by atoms with van der Waals surface area (Å²) in [7, 11) is 1.89. The Balaban J connectivity index is 1.49. The normalized spacial score (nSPS) is 26.5. The first-order valence-electron chi connectivity index (χ1n) is 12.1. The fourth-order valence-electron chi connectivity index (χ4n) is 6.00. The molecule has 0 saturated carbocycles. The predicted molar refractivity (Wildman–Crippen MR) is 132 cm³/mol. The third-order valence-electron chi connectivity index (χ3n) is 7.62. The van der Waals surface area contributed by atoms with Gasteiger partial charge in [0.25, 0.3) is 0 Å². The number of benzene rings is 2. The molecule has 1 aromatic heterocycles. The number of hydrogen-bond acceptors (Lipinski definition) is 8. The average Bonchev–Trinajstić information content (AvgIpc) is 3.27. The van der Waals surface area contributed by atoms with Crippen LogP contribution >= 0.6 is 0 Å². The molecule has 3 aliphatic rings. The zero-order valence-electron chi connectivity index (χ0n) is 20.5. The lowest BCUT2D eigenvalue weighted by Gasteiger charge is -2.56. The van der Waals surface area contributed by atoms with Gasteiger partial charge in [-0.2, -0.15) is 0 Å². The molecule has 11 heteroatoms. The van der Waals surface area contributed by atoms with E-state index < -0.39 is 47.8 Å². The number of morpholine rings is 1. The minimum Gasteiger partial charge on any atom is -0.368 e. The highest BCUT2D eigenvalue weighted by Crippen LogP contribution is 2.50. The predicted octanol–water partition coefficient (Wildman–Crippen LogP) is 2.65. The fourth-order valence-corrected chi connectivity index (χ4v) is 6.00. The number of urea groups is 1. The average molecular weight is 508 g/mol. The Labute approximate surface area is 211 Å². The maximum atomic E-state index is 15.8. The number of rotatable bonds is 3. The van der Waals surface area contributed by atoms with Crippen LogP contribution in [0.5, 0.6) is 0 Å². The largest absolute Gasteiger partial charge is 0.368 e. The van der Waals surface area contributed by atoms with Crippen LogP contribution in [0.1, 0.15) is 25.0 Å². The molecular weight excluding hydrogens is 481 g/mol. The summed E-state index contributed by atoms with van der Waals surface area (Å²) in [5, 5.41) is 9.37. The Morgan fingerprint density at radius 3 is 2.51 bits per heavy atom. The maximum absolute atomic E-state index is 15.8. The highest BCUT2D eigenvalue weighted by atomic mass is 19.1. The van der Waals surface area contributed by atoms with Gasteiger partial charge in [0, 0.05) is 25.3 Å². The number of hydrogen-bond donors (Lipinski definition) is 2. The number of nitrogens with zero attached hydrogens (tertiary/aromatic N) is 3. The third kappa shape index (κ3) is 3.41. The van der Waals surface area contributed by atoms with Gasteiger partial charge >= 0.3 is 6.03 Å². The van der Waals surface area contributed by atoms with Crippen molar-refractivity contribution < 1.29 is 28.0 Å². The lowest BCUT2D eigenvalue weighted by atomic mass is 9.66. The van der Waals surface area contributed by atoms with Gasteiger partial charge in [-0.1, -0.05) is 35.5 Å². The minimum absolute atomic E-state index is 0.0494. The lowest BCUT2D eigenvalue weighted by molar-refractivity contribution is -0.159. The van der Waals surface area contributed by atoms with Crippen LogP contribution < -0.4 is 20.4 Å². The number of aromatic nitrogens is 1. The Bertz CT molecular complexity index is 1410. The lowest BCUT2D eigenvalue weighted by Crippen LogP contribution is -2.76. The van der Waals surface area contributed by atoms with Gasteiger partial charge in [-0.25, -0.2) is 9.18 Å². The van der Waals surface area contributed by atoms with Crippen molar-refractivity contribution in [2.75, 3.05) is 16.8 Å². The van der Waals surface area contributed by atoms with E-state index in [0.717, 1.165) is 5.56 Å². The molecule has 10 nitrogen and oxygen atoms in total. The number of carbonyl (C=O) groups excluding carboxylic acids is 3. The Hall–Kier alpha value is -3.99. The van der Waals surface area contributed by atoms with E-state index in [1.807, 2.05) is 42.3 Å². The van der Waals surface area contributed by atoms with Crippen LogP contribution in [0.15, 0.2) is 47.0 Å². The first kappa shape index (κ1) is 23.4. The summed E-state index contributed by atoms with van der Waals surface area (Å²) < 4.78 is 27.3. The monoisotopic (exact) mass is 507 g/mol. The van der Waals surface area contributed by atoms with Crippen molar-refractivity contribution >= 4 is 40.3 Å². The molecule has 0 aliphatic carbocycles. The molecule has 2 fully saturated rings. The number of imide groups is 2. The Kier molecular flexibility index (Phi) is 5.23. The van der Waals surface area contributed by atoms with Gasteiger partial charge in [-0.3, -0.25) is 20.2 Å². The first-order valence-corrected chi connectivity index (χ1v) is 12.1. The van der Waals surface area contributed by atoms with E-state index >= 15 is 4.39 Å². The summed E-state index contributed by atoms with van der Waals surface area (Å²) >= 11 is 0. The van der Waals surface area contributed by atoms with E-state index in [9.17, 15) is 14.4 Å². The van der Waals surface area contributed by atoms with Crippen LogP contribution in [-0.4, -0.2) is 54.6 Å². The molecule has 2 aromatic carbocycles. The highest BCUT2D eigenvalue weighted by molar-refractivity contribution is 6.20. The van der Waals surface area contributed by atoms with E-state index in [0.29, 0.717) is 34.6 Å². The van der Waals surface area contributed by atoms with Gasteiger partial charge in [0.2, 0.25) is 11.8 Å². The van der Waals surface area contributed by atoms with Crippen molar-refractivity contribution in [3.63, 3.8) is 0 Å². The summed E-state index contributed by atoms with van der Waals surface area (Å²) in [5.74, 6) is -0.970.